The monoisotopic (exact) mass is 303 g/mol. The Kier molecular flexibility index (Phi) is 4.55. The number of hydrogen-bond donors (Lipinski definition) is 1. The predicted octanol–water partition coefficient (Wildman–Crippen LogP) is 2.54. The van der Waals surface area contributed by atoms with E-state index < -0.39 is 16.1 Å². The number of Topliss-reactive ketones (excluding diaryl/α,β-unsaturated/α-hetero) is 1. The highest BCUT2D eigenvalue weighted by Gasteiger charge is 2.22. The number of hydrogen-bond acceptors (Lipinski definition) is 3. The summed E-state index contributed by atoms with van der Waals surface area (Å²) in [5.74, 6) is -0.258. The fourth-order valence-electron chi connectivity index (χ4n) is 1.92. The van der Waals surface area contributed by atoms with Crippen LogP contribution in [0.1, 0.15) is 22.8 Å². The molecule has 0 aliphatic rings. The van der Waals surface area contributed by atoms with Gasteiger partial charge in [-0.2, -0.15) is 0 Å². The molecule has 0 fully saturated rings. The molecule has 0 radical (unpaired) electrons. The standard InChI is InChI=1S/C16H17NO3S/c1-12-8-10-15(11-9-12)21(19,20)17-13(2)16(18)14-6-4-3-5-7-14/h3-11,13,17H,1-2H3/t13-/m0/s1. The molecule has 0 spiro atoms. The van der Waals surface area contributed by atoms with E-state index in [1.165, 1.54) is 12.1 Å². The summed E-state index contributed by atoms with van der Waals surface area (Å²) in [6.45, 7) is 3.42. The number of sulfonamides is 1. The van der Waals surface area contributed by atoms with Gasteiger partial charge in [0.15, 0.2) is 5.78 Å². The summed E-state index contributed by atoms with van der Waals surface area (Å²) in [4.78, 5) is 12.3. The van der Waals surface area contributed by atoms with Gasteiger partial charge in [0.2, 0.25) is 10.0 Å². The van der Waals surface area contributed by atoms with Gasteiger partial charge in [0.05, 0.1) is 10.9 Å². The molecule has 4 nitrogen and oxygen atoms in total. The van der Waals surface area contributed by atoms with Gasteiger partial charge in [0, 0.05) is 5.56 Å². The zero-order valence-corrected chi connectivity index (χ0v) is 12.7. The van der Waals surface area contributed by atoms with Gasteiger partial charge < -0.3 is 0 Å². The van der Waals surface area contributed by atoms with Crippen molar-refractivity contribution in [1.82, 2.24) is 4.72 Å². The smallest absolute Gasteiger partial charge is 0.241 e. The summed E-state index contributed by atoms with van der Waals surface area (Å²) in [5, 5.41) is 0. The van der Waals surface area contributed by atoms with Crippen LogP contribution in [-0.2, 0) is 10.0 Å². The van der Waals surface area contributed by atoms with Gasteiger partial charge in [0.25, 0.3) is 0 Å². The Labute approximate surface area is 124 Å². The van der Waals surface area contributed by atoms with Gasteiger partial charge >= 0.3 is 0 Å². The van der Waals surface area contributed by atoms with E-state index in [1.807, 2.05) is 6.92 Å². The average Bonchev–Trinajstić information content (AvgIpc) is 2.47. The Morgan fingerprint density at radius 2 is 1.57 bits per heavy atom. The average molecular weight is 303 g/mol. The third kappa shape index (κ3) is 3.77. The Bertz CT molecular complexity index is 722. The van der Waals surface area contributed by atoms with Gasteiger partial charge in [0.1, 0.15) is 0 Å². The summed E-state index contributed by atoms with van der Waals surface area (Å²) >= 11 is 0. The van der Waals surface area contributed by atoms with Crippen LogP contribution in [-0.4, -0.2) is 20.2 Å². The van der Waals surface area contributed by atoms with E-state index in [0.717, 1.165) is 5.56 Å². The highest BCUT2D eigenvalue weighted by atomic mass is 32.2. The molecule has 5 heteroatoms. The number of benzene rings is 2. The van der Waals surface area contributed by atoms with Crippen LogP contribution in [0.15, 0.2) is 59.5 Å². The van der Waals surface area contributed by atoms with Crippen LogP contribution in [0.25, 0.3) is 0 Å². The van der Waals surface area contributed by atoms with Gasteiger partial charge in [-0.15, -0.1) is 0 Å². The minimum atomic E-state index is -3.70. The summed E-state index contributed by atoms with van der Waals surface area (Å²) in [6, 6.07) is 14.3. The van der Waals surface area contributed by atoms with E-state index in [2.05, 4.69) is 4.72 Å². The third-order valence-corrected chi connectivity index (χ3v) is 4.67. The van der Waals surface area contributed by atoms with Crippen molar-refractivity contribution in [2.45, 2.75) is 24.8 Å². The van der Waals surface area contributed by atoms with Crippen molar-refractivity contribution in [3.8, 4) is 0 Å². The van der Waals surface area contributed by atoms with Crippen molar-refractivity contribution in [2.75, 3.05) is 0 Å². The molecular weight excluding hydrogens is 286 g/mol. The van der Waals surface area contributed by atoms with E-state index >= 15 is 0 Å². The molecule has 0 aliphatic carbocycles. The maximum Gasteiger partial charge on any atom is 0.241 e. The molecule has 110 valence electrons. The molecule has 2 rings (SSSR count). The fourth-order valence-corrected chi connectivity index (χ4v) is 3.13. The fraction of sp³-hybridized carbons (Fsp3) is 0.188. The maximum absolute atomic E-state index is 12.2. The van der Waals surface area contributed by atoms with Crippen molar-refractivity contribution in [1.29, 1.82) is 0 Å². The van der Waals surface area contributed by atoms with Gasteiger partial charge in [-0.05, 0) is 26.0 Å². The lowest BCUT2D eigenvalue weighted by Gasteiger charge is -2.13. The quantitative estimate of drug-likeness (QED) is 0.863. The molecule has 2 aromatic rings. The molecule has 2 aromatic carbocycles. The first-order valence-electron chi connectivity index (χ1n) is 6.58. The summed E-state index contributed by atoms with van der Waals surface area (Å²) in [5.41, 5.74) is 1.46. The zero-order valence-electron chi connectivity index (χ0n) is 11.9. The first-order valence-corrected chi connectivity index (χ1v) is 8.07. The van der Waals surface area contributed by atoms with Crippen LogP contribution in [0.2, 0.25) is 0 Å². The topological polar surface area (TPSA) is 63.2 Å². The number of aryl methyl sites for hydroxylation is 1. The molecular formula is C16H17NO3S. The zero-order chi connectivity index (χ0) is 15.5. The summed E-state index contributed by atoms with van der Waals surface area (Å²) < 4.78 is 26.9. The third-order valence-electron chi connectivity index (χ3n) is 3.11. The molecule has 0 saturated heterocycles. The highest BCUT2D eigenvalue weighted by molar-refractivity contribution is 7.89. The van der Waals surface area contributed by atoms with Crippen molar-refractivity contribution in [3.63, 3.8) is 0 Å². The van der Waals surface area contributed by atoms with Crippen LogP contribution in [0, 0.1) is 6.92 Å². The second-order valence-corrected chi connectivity index (χ2v) is 6.60. The molecule has 1 atom stereocenters. The highest BCUT2D eigenvalue weighted by Crippen LogP contribution is 2.12. The second kappa shape index (κ2) is 6.20. The summed E-state index contributed by atoms with van der Waals surface area (Å²) in [7, 11) is -3.70. The number of carbonyl (C=O) groups excluding carboxylic acids is 1. The Morgan fingerprint density at radius 1 is 1.00 bits per heavy atom. The first kappa shape index (κ1) is 15.4. The second-order valence-electron chi connectivity index (χ2n) is 4.89. The largest absolute Gasteiger partial charge is 0.292 e. The number of rotatable bonds is 5. The molecule has 0 saturated carbocycles. The minimum absolute atomic E-state index is 0.154. The van der Waals surface area contributed by atoms with Crippen molar-refractivity contribution in [2.24, 2.45) is 0 Å². The van der Waals surface area contributed by atoms with Gasteiger partial charge in [-0.1, -0.05) is 48.0 Å². The molecule has 21 heavy (non-hydrogen) atoms. The molecule has 0 heterocycles. The lowest BCUT2D eigenvalue weighted by molar-refractivity contribution is 0.0961. The van der Waals surface area contributed by atoms with E-state index in [4.69, 9.17) is 0 Å². The van der Waals surface area contributed by atoms with Crippen molar-refractivity contribution in [3.05, 3.63) is 65.7 Å². The van der Waals surface area contributed by atoms with Crippen LogP contribution >= 0.6 is 0 Å². The van der Waals surface area contributed by atoms with Crippen LogP contribution in [0.4, 0.5) is 0 Å². The number of ketones is 1. The SMILES string of the molecule is Cc1ccc(S(=O)(=O)N[C@@H](C)C(=O)c2ccccc2)cc1. The van der Waals surface area contributed by atoms with E-state index in [9.17, 15) is 13.2 Å². The van der Waals surface area contributed by atoms with Crippen LogP contribution in [0.5, 0.6) is 0 Å². The molecule has 0 aliphatic heterocycles. The van der Waals surface area contributed by atoms with Gasteiger partial charge in [-0.3, -0.25) is 4.79 Å². The molecule has 0 bridgehead atoms. The Balaban J connectivity index is 2.17. The van der Waals surface area contributed by atoms with E-state index in [1.54, 1.807) is 49.4 Å². The summed E-state index contributed by atoms with van der Waals surface area (Å²) in [6.07, 6.45) is 0. The molecule has 0 amide bonds. The first-order chi connectivity index (χ1) is 9.90. The lowest BCUT2D eigenvalue weighted by atomic mass is 10.1. The normalized spacial score (nSPS) is 12.9. The van der Waals surface area contributed by atoms with Crippen molar-refractivity contribution < 1.29 is 13.2 Å². The maximum atomic E-state index is 12.2. The molecule has 0 aromatic heterocycles. The van der Waals surface area contributed by atoms with Crippen molar-refractivity contribution >= 4 is 15.8 Å². The van der Waals surface area contributed by atoms with Gasteiger partial charge in [-0.25, -0.2) is 13.1 Å². The number of nitrogens with one attached hydrogen (secondary N) is 1. The van der Waals surface area contributed by atoms with Crippen LogP contribution in [0.3, 0.4) is 0 Å². The predicted molar refractivity (Wildman–Crippen MR) is 81.7 cm³/mol. The Morgan fingerprint density at radius 3 is 2.14 bits per heavy atom. The van der Waals surface area contributed by atoms with E-state index in [0.29, 0.717) is 5.56 Å². The minimum Gasteiger partial charge on any atom is -0.292 e. The molecule has 1 N–H and O–H groups in total. The molecule has 0 unspecified atom stereocenters. The number of carbonyl (C=O) groups is 1. The van der Waals surface area contributed by atoms with E-state index in [-0.39, 0.29) is 10.7 Å². The Hall–Kier alpha value is -1.98. The lowest BCUT2D eigenvalue weighted by Crippen LogP contribution is -2.38. The van der Waals surface area contributed by atoms with Crippen LogP contribution < -0.4 is 4.72 Å².